The van der Waals surface area contributed by atoms with E-state index < -0.39 is 12.1 Å². The van der Waals surface area contributed by atoms with Gasteiger partial charge >= 0.3 is 5.97 Å². The number of carbonyl (C=O) groups is 1. The summed E-state index contributed by atoms with van der Waals surface area (Å²) in [5.41, 5.74) is 0. The van der Waals surface area contributed by atoms with Crippen LogP contribution in [0.2, 0.25) is 0 Å². The van der Waals surface area contributed by atoms with Crippen molar-refractivity contribution in [3.63, 3.8) is 0 Å². The highest BCUT2D eigenvalue weighted by Gasteiger charge is 2.00. The maximum Gasteiger partial charge on any atom is 0.303 e. The number of rotatable bonds is 18. The summed E-state index contributed by atoms with van der Waals surface area (Å²) >= 11 is 0. The molecule has 0 rings (SSSR count). The maximum absolute atomic E-state index is 10.2. The van der Waals surface area contributed by atoms with Crippen molar-refractivity contribution < 1.29 is 40.5 Å². The van der Waals surface area contributed by atoms with Crippen molar-refractivity contribution in [2.75, 3.05) is 52.7 Å². The molecule has 0 bridgehead atoms. The van der Waals surface area contributed by atoms with E-state index in [-0.39, 0.29) is 33.0 Å². The van der Waals surface area contributed by atoms with Gasteiger partial charge in [0.2, 0.25) is 0 Å². The highest BCUT2D eigenvalue weighted by atomic mass is 16.4. The summed E-state index contributed by atoms with van der Waals surface area (Å²) in [6, 6.07) is 0. The molecule has 0 radical (unpaired) electrons. The fourth-order valence-electron chi connectivity index (χ4n) is 2.40. The van der Waals surface area contributed by atoms with Crippen LogP contribution < -0.4 is 0 Å². The van der Waals surface area contributed by atoms with Crippen LogP contribution in [0.1, 0.15) is 71.1 Å². The molecule has 0 aromatic heterocycles. The Bertz CT molecular complexity index is 303. The second-order valence-corrected chi connectivity index (χ2v) is 7.00. The first-order valence-corrected chi connectivity index (χ1v) is 11.1. The van der Waals surface area contributed by atoms with Gasteiger partial charge in [0.15, 0.2) is 0 Å². The zero-order valence-corrected chi connectivity index (χ0v) is 18.8. The lowest BCUT2D eigenvalue weighted by atomic mass is 10.1. The van der Waals surface area contributed by atoms with Gasteiger partial charge in [-0.3, -0.25) is 9.69 Å². The highest BCUT2D eigenvalue weighted by molar-refractivity contribution is 5.66. The van der Waals surface area contributed by atoms with Gasteiger partial charge in [0.05, 0.1) is 33.0 Å². The van der Waals surface area contributed by atoms with Crippen molar-refractivity contribution in [2.24, 2.45) is 0 Å². The monoisotopic (exact) mass is 441 g/mol. The molecule has 9 heteroatoms. The van der Waals surface area contributed by atoms with Crippen molar-refractivity contribution in [2.45, 2.75) is 77.2 Å². The molecule has 0 spiro atoms. The van der Waals surface area contributed by atoms with Gasteiger partial charge in [-0.15, -0.1) is 0 Å². The Morgan fingerprint density at radius 3 is 1.33 bits per heavy atom. The number of carboxylic acids is 1. The minimum atomic E-state index is -0.954. The third-order valence-corrected chi connectivity index (χ3v) is 4.16. The Morgan fingerprint density at radius 2 is 1.07 bits per heavy atom. The van der Waals surface area contributed by atoms with Gasteiger partial charge in [0.1, 0.15) is 6.10 Å². The van der Waals surface area contributed by atoms with Crippen LogP contribution in [-0.4, -0.2) is 105 Å². The summed E-state index contributed by atoms with van der Waals surface area (Å²) in [5.74, 6) is -0.659. The number of nitrogens with zero attached hydrogens (tertiary/aromatic N) is 1. The average Bonchev–Trinajstić information content (AvgIpc) is 2.73. The predicted molar refractivity (Wildman–Crippen MR) is 117 cm³/mol. The van der Waals surface area contributed by atoms with Crippen molar-refractivity contribution in [1.29, 1.82) is 0 Å². The van der Waals surface area contributed by atoms with E-state index in [9.17, 15) is 4.79 Å². The van der Waals surface area contributed by atoms with E-state index in [0.717, 1.165) is 12.8 Å². The fourth-order valence-corrected chi connectivity index (χ4v) is 2.40. The Balaban J connectivity index is -0.000000397. The molecule has 0 aliphatic rings. The smallest absolute Gasteiger partial charge is 0.303 e. The first-order chi connectivity index (χ1) is 14.4. The average molecular weight is 442 g/mol. The topological polar surface area (TPSA) is 162 Å². The second kappa shape index (κ2) is 30.4. The van der Waals surface area contributed by atoms with Crippen molar-refractivity contribution in [1.82, 2.24) is 4.90 Å². The number of aliphatic hydroxyl groups excluding tert-OH is 6. The second-order valence-electron chi connectivity index (χ2n) is 7.00. The highest BCUT2D eigenvalue weighted by Crippen LogP contribution is 2.10. The van der Waals surface area contributed by atoms with Gasteiger partial charge in [-0.05, 0) is 6.42 Å². The van der Waals surface area contributed by atoms with Crippen molar-refractivity contribution in [3.05, 3.63) is 0 Å². The van der Waals surface area contributed by atoms with Crippen LogP contribution in [-0.2, 0) is 4.79 Å². The van der Waals surface area contributed by atoms with E-state index in [2.05, 4.69) is 6.92 Å². The molecule has 0 aliphatic carbocycles. The minimum absolute atomic E-state index is 0.0694. The zero-order valence-electron chi connectivity index (χ0n) is 18.8. The molecule has 0 amide bonds. The molecule has 7 N–H and O–H groups in total. The van der Waals surface area contributed by atoms with Crippen LogP contribution in [0.3, 0.4) is 0 Å². The van der Waals surface area contributed by atoms with E-state index in [1.54, 1.807) is 4.90 Å². The molecule has 0 saturated heterocycles. The lowest BCUT2D eigenvalue weighted by Crippen LogP contribution is -2.32. The Kier molecular flexibility index (Phi) is 34.3. The summed E-state index contributed by atoms with van der Waals surface area (Å²) in [6.45, 7) is 3.25. The molecule has 9 nitrogen and oxygen atoms in total. The summed E-state index contributed by atoms with van der Waals surface area (Å²) in [6.07, 6.45) is 10.5. The lowest BCUT2D eigenvalue weighted by Gasteiger charge is -2.17. The first-order valence-electron chi connectivity index (χ1n) is 11.1. The minimum Gasteiger partial charge on any atom is -0.481 e. The molecule has 0 saturated carbocycles. The molecule has 0 heterocycles. The third-order valence-electron chi connectivity index (χ3n) is 4.16. The largest absolute Gasteiger partial charge is 0.481 e. The van der Waals surface area contributed by atoms with E-state index in [0.29, 0.717) is 26.1 Å². The molecule has 0 atom stereocenters. The standard InChI is InChI=1S/C12H24O2.C6H15NO3.C3H8O3/c1-2-3-4-5-6-7-8-9-10-11-12(13)14;8-4-1-7(2-5-9)3-6-10;4-1-3(6)2-5/h2-11H2,1H3,(H,13,14);8-10H,1-6H2;3-6H,1-2H2. The SMILES string of the molecule is CCCCCCCCCCCC(=O)O.OCC(O)CO.OCCN(CCO)CCO. The van der Waals surface area contributed by atoms with Crippen LogP contribution in [0.15, 0.2) is 0 Å². The molecular formula is C21H47NO8. The Morgan fingerprint density at radius 1 is 0.700 bits per heavy atom. The third kappa shape index (κ3) is 34.7. The number of carboxylic acid groups (broad SMARTS) is 1. The molecule has 0 aromatic carbocycles. The van der Waals surface area contributed by atoms with Gasteiger partial charge in [-0.25, -0.2) is 0 Å². The van der Waals surface area contributed by atoms with Gasteiger partial charge < -0.3 is 35.7 Å². The van der Waals surface area contributed by atoms with Crippen LogP contribution in [0.4, 0.5) is 0 Å². The number of hydrogen-bond donors (Lipinski definition) is 7. The predicted octanol–water partition coefficient (Wildman–Crippen LogP) is 0.589. The molecule has 0 aromatic rings. The van der Waals surface area contributed by atoms with Crippen LogP contribution in [0.5, 0.6) is 0 Å². The molecule has 30 heavy (non-hydrogen) atoms. The van der Waals surface area contributed by atoms with Gasteiger partial charge in [0.25, 0.3) is 0 Å². The van der Waals surface area contributed by atoms with Crippen LogP contribution in [0, 0.1) is 0 Å². The Labute approximate surface area is 182 Å². The van der Waals surface area contributed by atoms with E-state index in [1.807, 2.05) is 0 Å². The number of aliphatic hydroxyl groups is 6. The number of hydrogen-bond acceptors (Lipinski definition) is 8. The number of aliphatic carboxylic acids is 1. The van der Waals surface area contributed by atoms with Gasteiger partial charge in [0, 0.05) is 26.1 Å². The summed E-state index contributed by atoms with van der Waals surface area (Å²) in [5, 5.41) is 57.9. The van der Waals surface area contributed by atoms with Crippen LogP contribution in [0.25, 0.3) is 0 Å². The van der Waals surface area contributed by atoms with E-state index in [1.165, 1.54) is 44.9 Å². The summed E-state index contributed by atoms with van der Waals surface area (Å²) in [7, 11) is 0. The summed E-state index contributed by atoms with van der Waals surface area (Å²) in [4.78, 5) is 12.0. The van der Waals surface area contributed by atoms with Crippen molar-refractivity contribution in [3.8, 4) is 0 Å². The van der Waals surface area contributed by atoms with E-state index >= 15 is 0 Å². The van der Waals surface area contributed by atoms with Crippen molar-refractivity contribution >= 4 is 5.97 Å². The van der Waals surface area contributed by atoms with Gasteiger partial charge in [-0.1, -0.05) is 58.3 Å². The molecule has 0 fully saturated rings. The normalized spacial score (nSPS) is 10.4. The van der Waals surface area contributed by atoms with Gasteiger partial charge in [-0.2, -0.15) is 0 Å². The maximum atomic E-state index is 10.2. The molecular weight excluding hydrogens is 394 g/mol. The number of unbranched alkanes of at least 4 members (excludes halogenated alkanes) is 8. The summed E-state index contributed by atoms with van der Waals surface area (Å²) < 4.78 is 0. The van der Waals surface area contributed by atoms with E-state index in [4.69, 9.17) is 35.7 Å². The Hall–Kier alpha value is -0.810. The quantitative estimate of drug-likeness (QED) is 0.151. The van der Waals surface area contributed by atoms with Crippen LogP contribution >= 0.6 is 0 Å². The molecule has 184 valence electrons. The molecule has 0 unspecified atom stereocenters. The lowest BCUT2D eigenvalue weighted by molar-refractivity contribution is -0.137. The zero-order chi connectivity index (χ0) is 23.5. The molecule has 0 aliphatic heterocycles. The first kappa shape index (κ1) is 33.8. The fraction of sp³-hybridized carbons (Fsp3) is 0.952.